The second kappa shape index (κ2) is 7.58. The predicted molar refractivity (Wildman–Crippen MR) is 104 cm³/mol. The van der Waals surface area contributed by atoms with Crippen molar-refractivity contribution in [3.05, 3.63) is 50.6 Å². The molecule has 0 radical (unpaired) electrons. The van der Waals surface area contributed by atoms with E-state index in [2.05, 4.69) is 10.0 Å². The van der Waals surface area contributed by atoms with Crippen LogP contribution in [0, 0.1) is 3.57 Å². The zero-order valence-corrected chi connectivity index (χ0v) is 16.5. The van der Waals surface area contributed by atoms with Gasteiger partial charge in [-0.2, -0.15) is 0 Å². The maximum Gasteiger partial charge on any atom is 0.256 e. The molecule has 2 N–H and O–H groups in total. The molecular formula is C15H14ClIN2O4S. The minimum atomic E-state index is -3.48. The average Bonchev–Trinajstić information content (AvgIpc) is 2.45. The number of hydrogen-bond acceptors (Lipinski definition) is 4. The molecule has 6 nitrogen and oxygen atoms in total. The quantitative estimate of drug-likeness (QED) is 0.641. The van der Waals surface area contributed by atoms with Gasteiger partial charge in [-0.25, -0.2) is 8.42 Å². The van der Waals surface area contributed by atoms with E-state index in [0.29, 0.717) is 25.6 Å². The van der Waals surface area contributed by atoms with Crippen molar-refractivity contribution in [1.29, 1.82) is 0 Å². The summed E-state index contributed by atoms with van der Waals surface area (Å²) in [6, 6.07) is 9.60. The number of rotatable bonds is 5. The minimum absolute atomic E-state index is 0.239. The Morgan fingerprint density at radius 3 is 2.50 bits per heavy atom. The van der Waals surface area contributed by atoms with Crippen LogP contribution in [0.5, 0.6) is 5.75 Å². The van der Waals surface area contributed by atoms with Crippen molar-refractivity contribution in [3.63, 3.8) is 0 Å². The molecule has 24 heavy (non-hydrogen) atoms. The molecule has 0 unspecified atom stereocenters. The Kier molecular flexibility index (Phi) is 5.94. The summed E-state index contributed by atoms with van der Waals surface area (Å²) in [5, 5.41) is 3.26. The highest BCUT2D eigenvalue weighted by Crippen LogP contribution is 2.29. The Balaban J connectivity index is 2.29. The van der Waals surface area contributed by atoms with Gasteiger partial charge in [-0.15, -0.1) is 0 Å². The maximum atomic E-state index is 12.4. The second-order valence-electron chi connectivity index (χ2n) is 4.87. The third kappa shape index (κ3) is 4.99. The van der Waals surface area contributed by atoms with Crippen LogP contribution in [-0.2, 0) is 10.0 Å². The van der Waals surface area contributed by atoms with Gasteiger partial charge in [0.25, 0.3) is 5.91 Å². The largest absolute Gasteiger partial charge is 0.495 e. The van der Waals surface area contributed by atoms with Gasteiger partial charge < -0.3 is 10.1 Å². The molecule has 128 valence electrons. The topological polar surface area (TPSA) is 84.5 Å². The number of carbonyl (C=O) groups is 1. The first-order valence-electron chi connectivity index (χ1n) is 6.62. The van der Waals surface area contributed by atoms with Crippen molar-refractivity contribution in [2.75, 3.05) is 23.4 Å². The summed E-state index contributed by atoms with van der Waals surface area (Å²) in [5.41, 5.74) is 1.13. The van der Waals surface area contributed by atoms with Gasteiger partial charge in [0.1, 0.15) is 5.75 Å². The van der Waals surface area contributed by atoms with E-state index in [1.165, 1.54) is 13.2 Å². The number of nitrogens with one attached hydrogen (secondary N) is 2. The second-order valence-corrected chi connectivity index (χ2v) is 8.21. The number of carbonyl (C=O) groups excluding carboxylic acids is 1. The maximum absolute atomic E-state index is 12.4. The van der Waals surface area contributed by atoms with Crippen LogP contribution in [0.25, 0.3) is 0 Å². The van der Waals surface area contributed by atoms with Crippen LogP contribution in [-0.4, -0.2) is 27.7 Å². The third-order valence-corrected chi connectivity index (χ3v) is 4.65. The lowest BCUT2D eigenvalue weighted by Crippen LogP contribution is -2.14. The molecule has 0 aromatic heterocycles. The van der Waals surface area contributed by atoms with E-state index in [-0.39, 0.29) is 11.6 Å². The number of sulfonamides is 1. The van der Waals surface area contributed by atoms with Crippen molar-refractivity contribution in [2.45, 2.75) is 0 Å². The molecule has 0 bridgehead atoms. The lowest BCUT2D eigenvalue weighted by Gasteiger charge is -2.13. The van der Waals surface area contributed by atoms with E-state index >= 15 is 0 Å². The SMILES string of the molecule is COc1ccc(NC(=O)c2ccc(Cl)cc2I)cc1NS(C)(=O)=O. The average molecular weight is 481 g/mol. The first-order valence-corrected chi connectivity index (χ1v) is 9.96. The van der Waals surface area contributed by atoms with E-state index in [0.717, 1.165) is 6.26 Å². The Bertz CT molecular complexity index is 887. The van der Waals surface area contributed by atoms with Gasteiger partial charge in [-0.1, -0.05) is 11.6 Å². The Hall–Kier alpha value is -1.52. The fraction of sp³-hybridized carbons (Fsp3) is 0.133. The van der Waals surface area contributed by atoms with Crippen LogP contribution in [0.1, 0.15) is 10.4 Å². The molecule has 0 fully saturated rings. The summed E-state index contributed by atoms with van der Waals surface area (Å²) >= 11 is 7.90. The van der Waals surface area contributed by atoms with Crippen molar-refractivity contribution in [1.82, 2.24) is 0 Å². The summed E-state index contributed by atoms with van der Waals surface area (Å²) in [7, 11) is -2.05. The van der Waals surface area contributed by atoms with Crippen molar-refractivity contribution < 1.29 is 17.9 Å². The Morgan fingerprint density at radius 1 is 1.21 bits per heavy atom. The molecule has 0 saturated heterocycles. The first-order chi connectivity index (χ1) is 11.2. The number of ether oxygens (including phenoxy) is 1. The molecule has 9 heteroatoms. The number of hydrogen-bond donors (Lipinski definition) is 2. The lowest BCUT2D eigenvalue weighted by atomic mass is 10.2. The van der Waals surface area contributed by atoms with E-state index in [9.17, 15) is 13.2 Å². The molecule has 2 aromatic carbocycles. The number of amides is 1. The molecule has 1 amide bonds. The number of benzene rings is 2. The summed E-state index contributed by atoms with van der Waals surface area (Å²) in [6.07, 6.45) is 1.04. The Labute approximate surface area is 158 Å². The highest BCUT2D eigenvalue weighted by molar-refractivity contribution is 14.1. The number of halogens is 2. The summed E-state index contributed by atoms with van der Waals surface area (Å²) in [6.45, 7) is 0. The normalized spacial score (nSPS) is 11.0. The number of methoxy groups -OCH3 is 1. The van der Waals surface area contributed by atoms with Crippen LogP contribution >= 0.6 is 34.2 Å². The van der Waals surface area contributed by atoms with Crippen molar-refractivity contribution in [3.8, 4) is 5.75 Å². The van der Waals surface area contributed by atoms with Gasteiger partial charge in [0.05, 0.1) is 24.6 Å². The van der Waals surface area contributed by atoms with Gasteiger partial charge in [0, 0.05) is 14.3 Å². The first kappa shape index (κ1) is 18.8. The molecule has 0 aliphatic carbocycles. The van der Waals surface area contributed by atoms with Crippen LogP contribution in [0.2, 0.25) is 5.02 Å². The van der Waals surface area contributed by atoms with Gasteiger partial charge in [0.15, 0.2) is 0 Å². The van der Waals surface area contributed by atoms with Gasteiger partial charge in [-0.05, 0) is 59.0 Å². The predicted octanol–water partition coefficient (Wildman–Crippen LogP) is 3.58. The van der Waals surface area contributed by atoms with E-state index in [1.807, 2.05) is 22.6 Å². The fourth-order valence-electron chi connectivity index (χ4n) is 1.94. The molecule has 0 aliphatic heterocycles. The molecule has 0 spiro atoms. The number of anilines is 2. The fourth-order valence-corrected chi connectivity index (χ4v) is 3.61. The zero-order chi connectivity index (χ0) is 17.9. The van der Waals surface area contributed by atoms with Crippen LogP contribution in [0.3, 0.4) is 0 Å². The van der Waals surface area contributed by atoms with Crippen molar-refractivity contribution >= 4 is 61.5 Å². The molecule has 2 rings (SSSR count). The molecule has 0 aliphatic rings. The lowest BCUT2D eigenvalue weighted by molar-refractivity contribution is 0.102. The molecule has 0 atom stereocenters. The summed E-state index contributed by atoms with van der Waals surface area (Å²) in [4.78, 5) is 12.4. The van der Waals surface area contributed by atoms with Crippen LogP contribution in [0.15, 0.2) is 36.4 Å². The molecule has 0 heterocycles. The smallest absolute Gasteiger partial charge is 0.256 e. The summed E-state index contributed by atoms with van der Waals surface area (Å²) in [5.74, 6) is 0.0195. The highest BCUT2D eigenvalue weighted by atomic mass is 127. The monoisotopic (exact) mass is 480 g/mol. The van der Waals surface area contributed by atoms with Gasteiger partial charge in [0.2, 0.25) is 10.0 Å². The standard InChI is InChI=1S/C15H14ClIN2O4S/c1-23-14-6-4-10(8-13(14)19-24(2,21)22)18-15(20)11-5-3-9(16)7-12(11)17/h3-8,19H,1-2H3,(H,18,20). The Morgan fingerprint density at radius 2 is 1.92 bits per heavy atom. The zero-order valence-electron chi connectivity index (χ0n) is 12.8. The third-order valence-electron chi connectivity index (χ3n) is 2.93. The van der Waals surface area contributed by atoms with E-state index in [4.69, 9.17) is 16.3 Å². The summed E-state index contributed by atoms with van der Waals surface area (Å²) < 4.78 is 31.0. The molecular weight excluding hydrogens is 467 g/mol. The van der Waals surface area contributed by atoms with Crippen LogP contribution < -0.4 is 14.8 Å². The van der Waals surface area contributed by atoms with Gasteiger partial charge >= 0.3 is 0 Å². The van der Waals surface area contributed by atoms with Crippen molar-refractivity contribution in [2.24, 2.45) is 0 Å². The van der Waals surface area contributed by atoms with Crippen LogP contribution in [0.4, 0.5) is 11.4 Å². The molecule has 0 saturated carbocycles. The highest BCUT2D eigenvalue weighted by Gasteiger charge is 2.13. The molecule has 2 aromatic rings. The van der Waals surface area contributed by atoms with E-state index in [1.54, 1.807) is 30.3 Å². The van der Waals surface area contributed by atoms with Gasteiger partial charge in [-0.3, -0.25) is 9.52 Å². The minimum Gasteiger partial charge on any atom is -0.495 e. The van der Waals surface area contributed by atoms with E-state index < -0.39 is 10.0 Å².